The van der Waals surface area contributed by atoms with Gasteiger partial charge in [-0.1, -0.05) is 13.8 Å². The third-order valence-electron chi connectivity index (χ3n) is 1.91. The second-order valence-corrected chi connectivity index (χ2v) is 5.97. The standard InChI is InChI=1S/C10H18O4S/c1-9(2)7-13-4-5-14-10-3-6-15(11,12)8-10/h3,6,9-10H,4-5,7-8H2,1-2H3. The van der Waals surface area contributed by atoms with Gasteiger partial charge in [-0.25, -0.2) is 8.42 Å². The van der Waals surface area contributed by atoms with Crippen molar-refractivity contribution in [3.63, 3.8) is 0 Å². The summed E-state index contributed by atoms with van der Waals surface area (Å²) in [6, 6.07) is 0. The lowest BCUT2D eigenvalue weighted by atomic mass is 10.2. The van der Waals surface area contributed by atoms with Crippen molar-refractivity contribution in [1.82, 2.24) is 0 Å². The molecule has 0 fully saturated rings. The highest BCUT2D eigenvalue weighted by Gasteiger charge is 2.21. The Hall–Kier alpha value is -0.390. The number of hydrogen-bond donors (Lipinski definition) is 0. The summed E-state index contributed by atoms with van der Waals surface area (Å²) in [7, 11) is -3.00. The number of ether oxygens (including phenoxy) is 2. The SMILES string of the molecule is CC(C)COCCOC1C=CS(=O)(=O)C1. The van der Waals surface area contributed by atoms with Crippen molar-refractivity contribution in [2.75, 3.05) is 25.6 Å². The van der Waals surface area contributed by atoms with Crippen LogP contribution in [0.25, 0.3) is 0 Å². The first-order valence-electron chi connectivity index (χ1n) is 5.10. The highest BCUT2D eigenvalue weighted by atomic mass is 32.2. The quantitative estimate of drug-likeness (QED) is 0.643. The molecular formula is C10H18O4S. The van der Waals surface area contributed by atoms with E-state index >= 15 is 0 Å². The molecule has 0 saturated carbocycles. The fourth-order valence-corrected chi connectivity index (χ4v) is 2.42. The summed E-state index contributed by atoms with van der Waals surface area (Å²) in [5, 5.41) is 1.21. The van der Waals surface area contributed by atoms with Gasteiger partial charge in [0.2, 0.25) is 0 Å². The van der Waals surface area contributed by atoms with Crippen molar-refractivity contribution in [2.45, 2.75) is 20.0 Å². The molecule has 0 aromatic carbocycles. The van der Waals surface area contributed by atoms with E-state index in [0.717, 1.165) is 0 Å². The van der Waals surface area contributed by atoms with Gasteiger partial charge >= 0.3 is 0 Å². The van der Waals surface area contributed by atoms with E-state index in [9.17, 15) is 8.42 Å². The Morgan fingerprint density at radius 2 is 2.13 bits per heavy atom. The van der Waals surface area contributed by atoms with Gasteiger partial charge in [0, 0.05) is 12.0 Å². The Bertz CT molecular complexity index is 305. The van der Waals surface area contributed by atoms with Gasteiger partial charge in [-0.2, -0.15) is 0 Å². The van der Waals surface area contributed by atoms with Crippen LogP contribution in [0, 0.1) is 5.92 Å². The normalized spacial score (nSPS) is 23.8. The first-order chi connectivity index (χ1) is 6.99. The molecule has 1 rings (SSSR count). The van der Waals surface area contributed by atoms with Crippen molar-refractivity contribution in [3.8, 4) is 0 Å². The Kier molecular flexibility index (Phi) is 4.76. The lowest BCUT2D eigenvalue weighted by Crippen LogP contribution is -2.18. The molecule has 5 heteroatoms. The molecule has 0 radical (unpaired) electrons. The zero-order valence-corrected chi connectivity index (χ0v) is 10.00. The predicted octanol–water partition coefficient (Wildman–Crippen LogP) is 0.986. The second-order valence-electron chi connectivity index (χ2n) is 4.04. The van der Waals surface area contributed by atoms with Gasteiger partial charge in [0.05, 0.1) is 25.1 Å². The van der Waals surface area contributed by atoms with E-state index < -0.39 is 9.84 Å². The van der Waals surface area contributed by atoms with Gasteiger partial charge in [-0.15, -0.1) is 0 Å². The molecule has 0 bridgehead atoms. The van der Waals surface area contributed by atoms with Crippen LogP contribution in [0.2, 0.25) is 0 Å². The van der Waals surface area contributed by atoms with Crippen LogP contribution in [0.4, 0.5) is 0 Å². The van der Waals surface area contributed by atoms with E-state index in [2.05, 4.69) is 13.8 Å². The molecule has 0 N–H and O–H groups in total. The highest BCUT2D eigenvalue weighted by molar-refractivity contribution is 7.94. The second kappa shape index (κ2) is 5.63. The van der Waals surface area contributed by atoms with Crippen molar-refractivity contribution >= 4 is 9.84 Å². The molecule has 1 atom stereocenters. The first kappa shape index (κ1) is 12.7. The molecule has 1 heterocycles. The number of rotatable bonds is 6. The van der Waals surface area contributed by atoms with Crippen LogP contribution in [0.15, 0.2) is 11.5 Å². The average molecular weight is 234 g/mol. The largest absolute Gasteiger partial charge is 0.379 e. The van der Waals surface area contributed by atoms with Crippen LogP contribution >= 0.6 is 0 Å². The monoisotopic (exact) mass is 234 g/mol. The van der Waals surface area contributed by atoms with Gasteiger partial charge in [0.1, 0.15) is 0 Å². The van der Waals surface area contributed by atoms with Gasteiger partial charge < -0.3 is 9.47 Å². The number of sulfone groups is 1. The Morgan fingerprint density at radius 1 is 1.40 bits per heavy atom. The van der Waals surface area contributed by atoms with Crippen LogP contribution in [0.5, 0.6) is 0 Å². The van der Waals surface area contributed by atoms with E-state index in [1.807, 2.05) is 0 Å². The number of hydrogen-bond acceptors (Lipinski definition) is 4. The molecule has 1 unspecified atom stereocenters. The first-order valence-corrected chi connectivity index (χ1v) is 6.81. The molecular weight excluding hydrogens is 216 g/mol. The molecule has 1 aliphatic heterocycles. The molecule has 0 aliphatic carbocycles. The Balaban J connectivity index is 2.05. The predicted molar refractivity (Wildman–Crippen MR) is 58.3 cm³/mol. The van der Waals surface area contributed by atoms with Crippen LogP contribution in [-0.2, 0) is 19.3 Å². The van der Waals surface area contributed by atoms with Crippen molar-refractivity contribution in [2.24, 2.45) is 5.92 Å². The summed E-state index contributed by atoms with van der Waals surface area (Å²) in [6.07, 6.45) is 1.29. The zero-order valence-electron chi connectivity index (χ0n) is 9.18. The minimum absolute atomic E-state index is 0.0666. The van der Waals surface area contributed by atoms with Crippen LogP contribution < -0.4 is 0 Å². The van der Waals surface area contributed by atoms with Crippen LogP contribution in [-0.4, -0.2) is 40.1 Å². The van der Waals surface area contributed by atoms with Gasteiger partial charge in [0.15, 0.2) is 9.84 Å². The average Bonchev–Trinajstić information content (AvgIpc) is 2.44. The summed E-state index contributed by atoms with van der Waals surface area (Å²) in [5.41, 5.74) is 0. The summed E-state index contributed by atoms with van der Waals surface area (Å²) in [6.45, 7) is 5.82. The summed E-state index contributed by atoms with van der Waals surface area (Å²) < 4.78 is 32.7. The molecule has 0 aromatic heterocycles. The van der Waals surface area contributed by atoms with Gasteiger partial charge in [-0.05, 0) is 12.0 Å². The maximum Gasteiger partial charge on any atom is 0.174 e. The molecule has 4 nitrogen and oxygen atoms in total. The van der Waals surface area contributed by atoms with Crippen molar-refractivity contribution < 1.29 is 17.9 Å². The zero-order chi connectivity index (χ0) is 11.3. The van der Waals surface area contributed by atoms with Crippen molar-refractivity contribution in [3.05, 3.63) is 11.5 Å². The summed E-state index contributed by atoms with van der Waals surface area (Å²) in [4.78, 5) is 0. The van der Waals surface area contributed by atoms with Crippen LogP contribution in [0.1, 0.15) is 13.8 Å². The minimum atomic E-state index is -3.00. The lowest BCUT2D eigenvalue weighted by molar-refractivity contribution is 0.0234. The maximum atomic E-state index is 11.0. The van der Waals surface area contributed by atoms with E-state index in [1.165, 1.54) is 5.41 Å². The van der Waals surface area contributed by atoms with Gasteiger partial charge in [-0.3, -0.25) is 0 Å². The third kappa shape index (κ3) is 5.30. The van der Waals surface area contributed by atoms with Gasteiger partial charge in [0.25, 0.3) is 0 Å². The smallest absolute Gasteiger partial charge is 0.174 e. The third-order valence-corrected chi connectivity index (χ3v) is 3.27. The molecule has 88 valence electrons. The molecule has 0 saturated heterocycles. The van der Waals surface area contributed by atoms with Crippen LogP contribution in [0.3, 0.4) is 0 Å². The molecule has 15 heavy (non-hydrogen) atoms. The van der Waals surface area contributed by atoms with E-state index in [4.69, 9.17) is 9.47 Å². The Morgan fingerprint density at radius 3 is 2.67 bits per heavy atom. The van der Waals surface area contributed by atoms with Crippen molar-refractivity contribution in [1.29, 1.82) is 0 Å². The fraction of sp³-hybridized carbons (Fsp3) is 0.800. The molecule has 1 aliphatic rings. The highest BCUT2D eigenvalue weighted by Crippen LogP contribution is 2.10. The summed E-state index contributed by atoms with van der Waals surface area (Å²) >= 11 is 0. The Labute approximate surface area is 91.2 Å². The fourth-order valence-electron chi connectivity index (χ4n) is 1.23. The maximum absolute atomic E-state index is 11.0. The molecule has 0 amide bonds. The van der Waals surface area contributed by atoms with E-state index in [0.29, 0.717) is 25.7 Å². The topological polar surface area (TPSA) is 52.6 Å². The van der Waals surface area contributed by atoms with E-state index in [-0.39, 0.29) is 11.9 Å². The lowest BCUT2D eigenvalue weighted by Gasteiger charge is -2.10. The molecule has 0 spiro atoms. The molecule has 0 aromatic rings. The van der Waals surface area contributed by atoms with E-state index in [1.54, 1.807) is 6.08 Å². The summed E-state index contributed by atoms with van der Waals surface area (Å²) in [5.74, 6) is 0.578. The minimum Gasteiger partial charge on any atom is -0.379 e.